The normalized spacial score (nSPS) is 12.2. The summed E-state index contributed by atoms with van der Waals surface area (Å²) in [6.07, 6.45) is 0.247. The molecule has 70 valence electrons. The van der Waals surface area contributed by atoms with Crippen LogP contribution in [0.5, 0.6) is 0 Å². The first-order chi connectivity index (χ1) is 5.57. The van der Waals surface area contributed by atoms with Gasteiger partial charge in [0.25, 0.3) is 0 Å². The van der Waals surface area contributed by atoms with Crippen molar-refractivity contribution in [2.24, 2.45) is 0 Å². The molecule has 0 saturated heterocycles. The average molecular weight is 211 g/mol. The molecule has 0 fully saturated rings. The SMILES string of the molecule is COC(=O)CCSC(=O)C(C)Cl. The van der Waals surface area contributed by atoms with Gasteiger partial charge in [0.05, 0.1) is 18.9 Å². The van der Waals surface area contributed by atoms with Gasteiger partial charge in [0.15, 0.2) is 0 Å². The van der Waals surface area contributed by atoms with Gasteiger partial charge in [0.2, 0.25) is 5.12 Å². The lowest BCUT2D eigenvalue weighted by Gasteiger charge is -2.00. The van der Waals surface area contributed by atoms with E-state index >= 15 is 0 Å². The van der Waals surface area contributed by atoms with Crippen LogP contribution in [0.1, 0.15) is 13.3 Å². The lowest BCUT2D eigenvalue weighted by molar-refractivity contribution is -0.140. The molecular formula is C7H11ClO3S. The van der Waals surface area contributed by atoms with E-state index in [1.807, 2.05) is 0 Å². The van der Waals surface area contributed by atoms with Crippen LogP contribution in [-0.4, -0.2) is 29.3 Å². The highest BCUT2D eigenvalue weighted by Gasteiger charge is 2.10. The van der Waals surface area contributed by atoms with Crippen LogP contribution in [0.15, 0.2) is 0 Å². The number of alkyl halides is 1. The molecule has 0 amide bonds. The van der Waals surface area contributed by atoms with E-state index in [9.17, 15) is 9.59 Å². The molecule has 3 nitrogen and oxygen atoms in total. The van der Waals surface area contributed by atoms with Crippen LogP contribution >= 0.6 is 23.4 Å². The summed E-state index contributed by atoms with van der Waals surface area (Å²) in [6, 6.07) is 0. The fraction of sp³-hybridized carbons (Fsp3) is 0.714. The van der Waals surface area contributed by atoms with Gasteiger partial charge in [-0.25, -0.2) is 0 Å². The van der Waals surface area contributed by atoms with Gasteiger partial charge in [-0.05, 0) is 6.92 Å². The van der Waals surface area contributed by atoms with Crippen molar-refractivity contribution in [2.75, 3.05) is 12.9 Å². The number of methoxy groups -OCH3 is 1. The number of carbonyl (C=O) groups excluding carboxylic acids is 2. The molecule has 0 heterocycles. The van der Waals surface area contributed by atoms with Gasteiger partial charge in [-0.3, -0.25) is 9.59 Å². The highest BCUT2D eigenvalue weighted by atomic mass is 35.5. The maximum Gasteiger partial charge on any atom is 0.306 e. The van der Waals surface area contributed by atoms with Crippen LogP contribution < -0.4 is 0 Å². The number of halogens is 1. The Morgan fingerprint density at radius 1 is 1.58 bits per heavy atom. The second-order valence-electron chi connectivity index (χ2n) is 2.11. The van der Waals surface area contributed by atoms with Gasteiger partial charge in [-0.15, -0.1) is 11.6 Å². The smallest absolute Gasteiger partial charge is 0.306 e. The van der Waals surface area contributed by atoms with Crippen LogP contribution in [0.25, 0.3) is 0 Å². The second-order valence-corrected chi connectivity index (χ2v) is 3.86. The number of hydrogen-bond acceptors (Lipinski definition) is 4. The molecule has 0 radical (unpaired) electrons. The molecule has 5 heteroatoms. The third-order valence-electron chi connectivity index (χ3n) is 1.10. The first-order valence-corrected chi connectivity index (χ1v) is 4.87. The predicted octanol–water partition coefficient (Wildman–Crippen LogP) is 1.44. The minimum absolute atomic E-state index is 0.111. The highest BCUT2D eigenvalue weighted by Crippen LogP contribution is 2.11. The van der Waals surface area contributed by atoms with Gasteiger partial charge in [-0.2, -0.15) is 0 Å². The summed E-state index contributed by atoms with van der Waals surface area (Å²) in [5, 5.41) is -0.604. The van der Waals surface area contributed by atoms with E-state index < -0.39 is 5.38 Å². The van der Waals surface area contributed by atoms with E-state index in [2.05, 4.69) is 4.74 Å². The molecule has 0 saturated carbocycles. The molecular weight excluding hydrogens is 200 g/mol. The molecule has 0 aliphatic heterocycles. The summed E-state index contributed by atoms with van der Waals surface area (Å²) in [5.74, 6) is 0.125. The zero-order valence-corrected chi connectivity index (χ0v) is 8.57. The molecule has 0 rings (SSSR count). The van der Waals surface area contributed by atoms with Gasteiger partial charge in [-0.1, -0.05) is 11.8 Å². The van der Waals surface area contributed by atoms with Crippen molar-refractivity contribution in [2.45, 2.75) is 18.7 Å². The Kier molecular flexibility index (Phi) is 6.20. The van der Waals surface area contributed by atoms with Crippen molar-refractivity contribution in [3.05, 3.63) is 0 Å². The van der Waals surface area contributed by atoms with Gasteiger partial charge < -0.3 is 4.74 Å². The Labute approximate surface area is 80.8 Å². The molecule has 1 atom stereocenters. The van der Waals surface area contributed by atoms with Gasteiger partial charge >= 0.3 is 5.97 Å². The molecule has 0 aliphatic carbocycles. The number of carbonyl (C=O) groups is 2. The maximum atomic E-state index is 10.9. The monoisotopic (exact) mass is 210 g/mol. The van der Waals surface area contributed by atoms with E-state index in [1.165, 1.54) is 7.11 Å². The summed E-state index contributed by atoms with van der Waals surface area (Å²) < 4.78 is 4.40. The highest BCUT2D eigenvalue weighted by molar-refractivity contribution is 8.13. The summed E-state index contributed by atoms with van der Waals surface area (Å²) >= 11 is 6.55. The molecule has 12 heavy (non-hydrogen) atoms. The van der Waals surface area contributed by atoms with Crippen LogP contribution in [0.3, 0.4) is 0 Å². The van der Waals surface area contributed by atoms with E-state index in [4.69, 9.17) is 11.6 Å². The van der Waals surface area contributed by atoms with Gasteiger partial charge in [0.1, 0.15) is 0 Å². The molecule has 1 unspecified atom stereocenters. The van der Waals surface area contributed by atoms with Gasteiger partial charge in [0, 0.05) is 5.75 Å². The molecule has 0 N–H and O–H groups in total. The number of rotatable bonds is 4. The summed E-state index contributed by atoms with van der Waals surface area (Å²) in [7, 11) is 1.32. The second kappa shape index (κ2) is 6.31. The topological polar surface area (TPSA) is 43.4 Å². The number of thioether (sulfide) groups is 1. The number of hydrogen-bond donors (Lipinski definition) is 0. The zero-order valence-electron chi connectivity index (χ0n) is 7.00. The van der Waals surface area contributed by atoms with Crippen molar-refractivity contribution < 1.29 is 14.3 Å². The van der Waals surface area contributed by atoms with Crippen molar-refractivity contribution >= 4 is 34.4 Å². The minimum atomic E-state index is -0.493. The van der Waals surface area contributed by atoms with Crippen LogP contribution in [-0.2, 0) is 14.3 Å². The number of esters is 1. The standard InChI is InChI=1S/C7H11ClO3S/c1-5(8)7(10)12-4-3-6(9)11-2/h5H,3-4H2,1-2H3. The van der Waals surface area contributed by atoms with Crippen molar-refractivity contribution in [3.8, 4) is 0 Å². The third-order valence-corrected chi connectivity index (χ3v) is 2.48. The molecule has 0 spiro atoms. The van der Waals surface area contributed by atoms with E-state index in [0.29, 0.717) is 5.75 Å². The molecule has 0 aliphatic rings. The molecule has 0 aromatic heterocycles. The van der Waals surface area contributed by atoms with Crippen molar-refractivity contribution in [3.63, 3.8) is 0 Å². The Morgan fingerprint density at radius 2 is 2.17 bits per heavy atom. The van der Waals surface area contributed by atoms with Crippen molar-refractivity contribution in [1.29, 1.82) is 0 Å². The molecule has 0 aromatic rings. The zero-order chi connectivity index (χ0) is 9.56. The third kappa shape index (κ3) is 5.43. The van der Waals surface area contributed by atoms with Crippen LogP contribution in [0.4, 0.5) is 0 Å². The first kappa shape index (κ1) is 11.8. The maximum absolute atomic E-state index is 10.9. The summed E-state index contributed by atoms with van der Waals surface area (Å²) in [5.41, 5.74) is 0. The van der Waals surface area contributed by atoms with Crippen LogP contribution in [0.2, 0.25) is 0 Å². The minimum Gasteiger partial charge on any atom is -0.469 e. The van der Waals surface area contributed by atoms with E-state index in [1.54, 1.807) is 6.92 Å². The number of ether oxygens (including phenoxy) is 1. The predicted molar refractivity (Wildman–Crippen MR) is 49.4 cm³/mol. The fourth-order valence-corrected chi connectivity index (χ4v) is 1.34. The first-order valence-electron chi connectivity index (χ1n) is 3.45. The Hall–Kier alpha value is -0.220. The lowest BCUT2D eigenvalue weighted by Crippen LogP contribution is -2.08. The fourth-order valence-electron chi connectivity index (χ4n) is 0.452. The Balaban J connectivity index is 3.44. The largest absolute Gasteiger partial charge is 0.469 e. The average Bonchev–Trinajstić information content (AvgIpc) is 2.03. The molecule has 0 aromatic carbocycles. The lowest BCUT2D eigenvalue weighted by atomic mass is 10.5. The quantitative estimate of drug-likeness (QED) is 0.520. The Bertz CT molecular complexity index is 170. The van der Waals surface area contributed by atoms with Crippen molar-refractivity contribution in [1.82, 2.24) is 0 Å². The van der Waals surface area contributed by atoms with Crippen LogP contribution in [0, 0.1) is 0 Å². The van der Waals surface area contributed by atoms with E-state index in [0.717, 1.165) is 11.8 Å². The van der Waals surface area contributed by atoms with E-state index in [-0.39, 0.29) is 17.5 Å². The summed E-state index contributed by atoms with van der Waals surface area (Å²) in [4.78, 5) is 21.5. The summed E-state index contributed by atoms with van der Waals surface area (Å²) in [6.45, 7) is 1.61. The Morgan fingerprint density at radius 3 is 2.58 bits per heavy atom. The molecule has 0 bridgehead atoms.